The summed E-state index contributed by atoms with van der Waals surface area (Å²) in [7, 11) is 1.63. The Morgan fingerprint density at radius 3 is 2.86 bits per heavy atom. The van der Waals surface area contributed by atoms with E-state index in [0.717, 1.165) is 23.6 Å². The Hall–Kier alpha value is -2.22. The van der Waals surface area contributed by atoms with Crippen LogP contribution >= 0.6 is 0 Å². The summed E-state index contributed by atoms with van der Waals surface area (Å²) in [6.45, 7) is 7.89. The molecule has 3 rings (SSSR count). The predicted molar refractivity (Wildman–Crippen MR) is 111 cm³/mol. The van der Waals surface area contributed by atoms with E-state index in [1.807, 2.05) is 45.0 Å². The maximum atomic E-state index is 12.7. The van der Waals surface area contributed by atoms with Crippen LogP contribution in [-0.2, 0) is 24.1 Å². The highest BCUT2D eigenvalue weighted by Gasteiger charge is 2.23. The number of β-amino-alcohol motifs (C(OH)–C–C–N with tert-alkyl or cyclic N) is 1. The molecule has 0 spiro atoms. The fourth-order valence-electron chi connectivity index (χ4n) is 3.44. The molecule has 2 heterocycles. The van der Waals surface area contributed by atoms with E-state index < -0.39 is 6.10 Å². The molecule has 0 radical (unpaired) electrons. The van der Waals surface area contributed by atoms with Gasteiger partial charge in [0.1, 0.15) is 11.6 Å². The number of hydrogen-bond acceptors (Lipinski definition) is 6. The van der Waals surface area contributed by atoms with Gasteiger partial charge in [0, 0.05) is 32.5 Å². The second-order valence-electron chi connectivity index (χ2n) is 8.53. The van der Waals surface area contributed by atoms with Gasteiger partial charge in [-0.3, -0.25) is 9.69 Å². The Morgan fingerprint density at radius 2 is 2.14 bits per heavy atom. The molecule has 0 saturated heterocycles. The van der Waals surface area contributed by atoms with Crippen molar-refractivity contribution in [1.82, 2.24) is 14.9 Å². The zero-order chi connectivity index (χ0) is 21.0. The van der Waals surface area contributed by atoms with Crippen LogP contribution in [0.3, 0.4) is 0 Å². The van der Waals surface area contributed by atoms with Gasteiger partial charge in [0.05, 0.1) is 36.7 Å². The molecule has 0 amide bonds. The average Bonchev–Trinajstić information content (AvgIpc) is 2.66. The molecule has 0 saturated carbocycles. The van der Waals surface area contributed by atoms with Crippen LogP contribution in [-0.4, -0.2) is 58.5 Å². The van der Waals surface area contributed by atoms with Gasteiger partial charge in [-0.2, -0.15) is 0 Å². The quantitative estimate of drug-likeness (QED) is 0.737. The molecule has 0 fully saturated rings. The van der Waals surface area contributed by atoms with Crippen molar-refractivity contribution in [1.29, 1.82) is 0 Å². The molecule has 1 atom stereocenters. The number of aromatic nitrogens is 2. The van der Waals surface area contributed by atoms with Gasteiger partial charge in [0.2, 0.25) is 0 Å². The van der Waals surface area contributed by atoms with Gasteiger partial charge in [-0.25, -0.2) is 4.98 Å². The first kappa shape index (κ1) is 21.5. The second kappa shape index (κ2) is 9.07. The Kier molecular flexibility index (Phi) is 6.72. The highest BCUT2D eigenvalue weighted by Crippen LogP contribution is 2.17. The molecular weight excluding hydrogens is 370 g/mol. The van der Waals surface area contributed by atoms with E-state index in [1.54, 1.807) is 7.11 Å². The normalized spacial score (nSPS) is 15.8. The van der Waals surface area contributed by atoms with Gasteiger partial charge in [-0.05, 0) is 38.5 Å². The molecule has 29 heavy (non-hydrogen) atoms. The molecule has 1 aliphatic heterocycles. The number of ether oxygens (including phenoxy) is 2. The number of aliphatic hydroxyl groups is 1. The van der Waals surface area contributed by atoms with E-state index in [4.69, 9.17) is 14.5 Å². The fraction of sp³-hybridized carbons (Fsp3) is 0.545. The smallest absolute Gasteiger partial charge is 0.255 e. The number of aliphatic hydroxyl groups excluding tert-OH is 1. The number of fused-ring (bicyclic) bond motifs is 1. The summed E-state index contributed by atoms with van der Waals surface area (Å²) in [5, 5.41) is 10.3. The molecule has 0 aliphatic carbocycles. The van der Waals surface area contributed by atoms with Crippen molar-refractivity contribution in [2.75, 3.05) is 26.8 Å². The zero-order valence-electron chi connectivity index (χ0n) is 17.7. The van der Waals surface area contributed by atoms with Crippen molar-refractivity contribution in [2.24, 2.45) is 0 Å². The van der Waals surface area contributed by atoms with Crippen molar-refractivity contribution < 1.29 is 14.6 Å². The first-order valence-corrected chi connectivity index (χ1v) is 10.0. The molecule has 158 valence electrons. The predicted octanol–water partition coefficient (Wildman–Crippen LogP) is 1.90. The Labute approximate surface area is 171 Å². The largest absolute Gasteiger partial charge is 0.497 e. The third-order valence-electron chi connectivity index (χ3n) is 4.88. The molecule has 7 nitrogen and oxygen atoms in total. The van der Waals surface area contributed by atoms with Gasteiger partial charge in [-0.15, -0.1) is 0 Å². The lowest BCUT2D eigenvalue weighted by Crippen LogP contribution is -2.42. The van der Waals surface area contributed by atoms with E-state index in [1.165, 1.54) is 0 Å². The Morgan fingerprint density at radius 1 is 1.34 bits per heavy atom. The standard InChI is InChI=1S/C22H31N3O4/c1-22(2,3)29-14-16(26)12-25-9-8-19-18(13-25)21(27)24-20(23-19)11-15-6-5-7-17(10-15)28-4/h5-7,10,16,26H,8-9,11-14H2,1-4H3,(H,23,24,27)/t16-/m0/s1. The van der Waals surface area contributed by atoms with Crippen LogP contribution in [0.1, 0.15) is 43.4 Å². The fourth-order valence-corrected chi connectivity index (χ4v) is 3.44. The third kappa shape index (κ3) is 6.13. The summed E-state index contributed by atoms with van der Waals surface area (Å²) in [4.78, 5) is 22.3. The lowest BCUT2D eigenvalue weighted by Gasteiger charge is -2.30. The van der Waals surface area contributed by atoms with Gasteiger partial charge in [-0.1, -0.05) is 12.1 Å². The zero-order valence-corrected chi connectivity index (χ0v) is 17.7. The van der Waals surface area contributed by atoms with Crippen LogP contribution in [0.2, 0.25) is 0 Å². The second-order valence-corrected chi connectivity index (χ2v) is 8.53. The summed E-state index contributed by atoms with van der Waals surface area (Å²) in [6.07, 6.45) is 0.652. The molecule has 1 aliphatic rings. The van der Waals surface area contributed by atoms with Crippen LogP contribution in [0.5, 0.6) is 5.75 Å². The number of aromatic amines is 1. The van der Waals surface area contributed by atoms with Crippen molar-refractivity contribution in [3.8, 4) is 5.75 Å². The number of H-pyrrole nitrogens is 1. The van der Waals surface area contributed by atoms with Crippen molar-refractivity contribution >= 4 is 0 Å². The molecule has 0 unspecified atom stereocenters. The summed E-state index contributed by atoms with van der Waals surface area (Å²) in [5.74, 6) is 1.45. The molecule has 7 heteroatoms. The van der Waals surface area contributed by atoms with E-state index in [-0.39, 0.29) is 17.8 Å². The minimum atomic E-state index is -0.588. The molecule has 0 bridgehead atoms. The van der Waals surface area contributed by atoms with Crippen LogP contribution in [0.15, 0.2) is 29.1 Å². The molecular formula is C22H31N3O4. The number of nitrogens with zero attached hydrogens (tertiary/aromatic N) is 2. The summed E-state index contributed by atoms with van der Waals surface area (Å²) in [5.41, 5.74) is 2.19. The lowest BCUT2D eigenvalue weighted by atomic mass is 10.1. The van der Waals surface area contributed by atoms with Crippen LogP contribution in [0.4, 0.5) is 0 Å². The van der Waals surface area contributed by atoms with E-state index in [0.29, 0.717) is 37.3 Å². The van der Waals surface area contributed by atoms with Gasteiger partial charge in [0.25, 0.3) is 5.56 Å². The number of methoxy groups -OCH3 is 1. The minimum absolute atomic E-state index is 0.0990. The summed E-state index contributed by atoms with van der Waals surface area (Å²) < 4.78 is 10.9. The third-order valence-corrected chi connectivity index (χ3v) is 4.88. The van der Waals surface area contributed by atoms with E-state index in [2.05, 4.69) is 9.88 Å². The number of hydrogen-bond donors (Lipinski definition) is 2. The molecule has 2 aromatic rings. The number of nitrogens with one attached hydrogen (secondary N) is 1. The number of benzene rings is 1. The van der Waals surface area contributed by atoms with Gasteiger partial charge >= 0.3 is 0 Å². The average molecular weight is 402 g/mol. The van der Waals surface area contributed by atoms with Crippen molar-refractivity contribution in [2.45, 2.75) is 51.9 Å². The minimum Gasteiger partial charge on any atom is -0.497 e. The van der Waals surface area contributed by atoms with Crippen LogP contribution < -0.4 is 10.3 Å². The monoisotopic (exact) mass is 401 g/mol. The lowest BCUT2D eigenvalue weighted by molar-refractivity contribution is -0.0570. The maximum Gasteiger partial charge on any atom is 0.255 e. The SMILES string of the molecule is COc1cccc(Cc2nc3c(c(=O)[nH]2)CN(C[C@H](O)COC(C)(C)C)CC3)c1. The first-order chi connectivity index (χ1) is 13.7. The topological polar surface area (TPSA) is 87.7 Å². The van der Waals surface area contributed by atoms with Crippen molar-refractivity contribution in [3.05, 3.63) is 57.3 Å². The summed E-state index contributed by atoms with van der Waals surface area (Å²) in [6, 6.07) is 7.76. The van der Waals surface area contributed by atoms with Crippen molar-refractivity contribution in [3.63, 3.8) is 0 Å². The Bertz CT molecular complexity index is 888. The maximum absolute atomic E-state index is 12.7. The number of rotatable bonds is 7. The Balaban J connectivity index is 1.65. The van der Waals surface area contributed by atoms with E-state index >= 15 is 0 Å². The highest BCUT2D eigenvalue weighted by atomic mass is 16.5. The van der Waals surface area contributed by atoms with Gasteiger partial charge in [0.15, 0.2) is 0 Å². The molecule has 1 aromatic heterocycles. The highest BCUT2D eigenvalue weighted by molar-refractivity contribution is 5.31. The van der Waals surface area contributed by atoms with Crippen LogP contribution in [0.25, 0.3) is 0 Å². The summed E-state index contributed by atoms with van der Waals surface area (Å²) >= 11 is 0. The van der Waals surface area contributed by atoms with Gasteiger partial charge < -0.3 is 19.6 Å². The van der Waals surface area contributed by atoms with E-state index in [9.17, 15) is 9.90 Å². The molecule has 2 N–H and O–H groups in total. The first-order valence-electron chi connectivity index (χ1n) is 10.0. The molecule has 1 aromatic carbocycles. The van der Waals surface area contributed by atoms with Crippen LogP contribution in [0, 0.1) is 0 Å².